The van der Waals surface area contributed by atoms with Gasteiger partial charge in [0.2, 0.25) is 0 Å². The molecule has 0 atom stereocenters. The fourth-order valence-corrected chi connectivity index (χ4v) is 1.28. The summed E-state index contributed by atoms with van der Waals surface area (Å²) >= 11 is 0. The summed E-state index contributed by atoms with van der Waals surface area (Å²) in [4.78, 5) is 15.3. The first-order valence-electron chi connectivity index (χ1n) is 5.78. The zero-order valence-electron chi connectivity index (χ0n) is 11.1. The summed E-state index contributed by atoms with van der Waals surface area (Å²) in [5.41, 5.74) is 1.36. The summed E-state index contributed by atoms with van der Waals surface area (Å²) in [6.07, 6.45) is 3.43. The Labute approximate surface area is 108 Å². The molecule has 0 amide bonds. The molecule has 0 aromatic carbocycles. The predicted octanol–water partition coefficient (Wildman–Crippen LogP) is 3.13. The monoisotopic (exact) mass is 249 g/mol. The Bertz CT molecular complexity index is 407. The van der Waals surface area contributed by atoms with Crippen molar-refractivity contribution < 1.29 is 14.3 Å². The molecule has 4 nitrogen and oxygen atoms in total. The molecule has 18 heavy (non-hydrogen) atoms. The Balaban J connectivity index is 2.32. The minimum absolute atomic E-state index is 0.164. The summed E-state index contributed by atoms with van der Waals surface area (Å²) < 4.78 is 10.0. The van der Waals surface area contributed by atoms with Gasteiger partial charge in [0, 0.05) is 12.4 Å². The maximum absolute atomic E-state index is 11.3. The van der Waals surface area contributed by atoms with Crippen molar-refractivity contribution in [3.8, 4) is 0 Å². The van der Waals surface area contributed by atoms with Gasteiger partial charge in [-0.15, -0.1) is 0 Å². The van der Waals surface area contributed by atoms with Crippen LogP contribution in [0.4, 0.5) is 4.79 Å². The second kappa shape index (κ2) is 6.19. The van der Waals surface area contributed by atoms with Crippen LogP contribution in [-0.4, -0.2) is 23.3 Å². The second-order valence-electron chi connectivity index (χ2n) is 5.04. The molecule has 1 aromatic heterocycles. The number of rotatable bonds is 4. The van der Waals surface area contributed by atoms with Gasteiger partial charge in [-0.1, -0.05) is 6.58 Å². The van der Waals surface area contributed by atoms with E-state index in [-0.39, 0.29) is 6.61 Å². The number of aromatic nitrogens is 1. The molecule has 0 radical (unpaired) electrons. The molecule has 0 unspecified atom stereocenters. The van der Waals surface area contributed by atoms with Crippen LogP contribution >= 0.6 is 0 Å². The van der Waals surface area contributed by atoms with Gasteiger partial charge in [-0.2, -0.15) is 0 Å². The molecule has 0 aliphatic rings. The molecule has 0 saturated carbocycles. The van der Waals surface area contributed by atoms with Crippen molar-refractivity contribution in [1.82, 2.24) is 4.98 Å². The Morgan fingerprint density at radius 3 is 2.50 bits per heavy atom. The average molecular weight is 249 g/mol. The minimum atomic E-state index is -0.668. The smallest absolute Gasteiger partial charge is 0.430 e. The van der Waals surface area contributed by atoms with E-state index in [1.807, 2.05) is 12.1 Å². The largest absolute Gasteiger partial charge is 0.509 e. The Kier molecular flexibility index (Phi) is 4.89. The highest BCUT2D eigenvalue weighted by Crippen LogP contribution is 2.10. The fraction of sp³-hybridized carbons (Fsp3) is 0.429. The predicted molar refractivity (Wildman–Crippen MR) is 69.3 cm³/mol. The lowest BCUT2D eigenvalue weighted by atomic mass is 10.1. The summed E-state index contributed by atoms with van der Waals surface area (Å²) in [6.45, 7) is 9.40. The Morgan fingerprint density at radius 1 is 1.33 bits per heavy atom. The van der Waals surface area contributed by atoms with Crippen molar-refractivity contribution in [2.75, 3.05) is 6.61 Å². The highest BCUT2D eigenvalue weighted by atomic mass is 16.7. The van der Waals surface area contributed by atoms with Crippen LogP contribution in [-0.2, 0) is 15.9 Å². The van der Waals surface area contributed by atoms with E-state index in [9.17, 15) is 4.79 Å². The van der Waals surface area contributed by atoms with Gasteiger partial charge in [0.15, 0.2) is 0 Å². The van der Waals surface area contributed by atoms with E-state index in [1.165, 1.54) is 0 Å². The van der Waals surface area contributed by atoms with Crippen LogP contribution in [0, 0.1) is 0 Å². The van der Waals surface area contributed by atoms with E-state index in [2.05, 4.69) is 11.6 Å². The van der Waals surface area contributed by atoms with E-state index < -0.39 is 11.8 Å². The van der Waals surface area contributed by atoms with Crippen LogP contribution in [0.1, 0.15) is 26.3 Å². The number of carbonyl (C=O) groups is 1. The normalized spacial score (nSPS) is 10.8. The van der Waals surface area contributed by atoms with Crippen molar-refractivity contribution in [2.45, 2.75) is 32.8 Å². The molecule has 0 aliphatic carbocycles. The summed E-state index contributed by atoms with van der Waals surface area (Å²) in [5, 5.41) is 0. The van der Waals surface area contributed by atoms with Crippen molar-refractivity contribution in [3.63, 3.8) is 0 Å². The molecular formula is C14H19NO3. The highest BCUT2D eigenvalue weighted by Gasteiger charge is 2.17. The summed E-state index contributed by atoms with van der Waals surface area (Å²) in [6, 6.07) is 3.80. The van der Waals surface area contributed by atoms with Crippen LogP contribution in [0.2, 0.25) is 0 Å². The van der Waals surface area contributed by atoms with Gasteiger partial charge >= 0.3 is 6.16 Å². The van der Waals surface area contributed by atoms with E-state index in [0.29, 0.717) is 6.42 Å². The SMILES string of the molecule is C=C(COC(=O)OC(C)(C)C)Cc1ccncc1. The number of pyridine rings is 1. The van der Waals surface area contributed by atoms with Gasteiger partial charge in [0.1, 0.15) is 12.2 Å². The number of hydrogen-bond acceptors (Lipinski definition) is 4. The van der Waals surface area contributed by atoms with Gasteiger partial charge in [0.25, 0.3) is 0 Å². The minimum Gasteiger partial charge on any atom is -0.430 e. The van der Waals surface area contributed by atoms with Gasteiger partial charge in [0.05, 0.1) is 0 Å². The molecule has 0 fully saturated rings. The molecule has 1 aromatic rings. The molecule has 4 heteroatoms. The lowest BCUT2D eigenvalue weighted by Crippen LogP contribution is -2.25. The van der Waals surface area contributed by atoms with Crippen molar-refractivity contribution >= 4 is 6.16 Å². The lowest BCUT2D eigenvalue weighted by Gasteiger charge is -2.19. The second-order valence-corrected chi connectivity index (χ2v) is 5.04. The fourth-order valence-electron chi connectivity index (χ4n) is 1.28. The number of carbonyl (C=O) groups excluding carboxylic acids is 1. The number of ether oxygens (including phenoxy) is 2. The zero-order chi connectivity index (χ0) is 13.6. The van der Waals surface area contributed by atoms with Crippen LogP contribution in [0.15, 0.2) is 36.7 Å². The van der Waals surface area contributed by atoms with Crippen molar-refractivity contribution in [1.29, 1.82) is 0 Å². The quantitative estimate of drug-likeness (QED) is 0.607. The molecule has 0 aliphatic heterocycles. The topological polar surface area (TPSA) is 48.4 Å². The Hall–Kier alpha value is -1.84. The van der Waals surface area contributed by atoms with E-state index >= 15 is 0 Å². The first-order valence-corrected chi connectivity index (χ1v) is 5.78. The van der Waals surface area contributed by atoms with E-state index in [4.69, 9.17) is 9.47 Å². The molecule has 1 heterocycles. The van der Waals surface area contributed by atoms with Gasteiger partial charge in [-0.3, -0.25) is 4.98 Å². The van der Waals surface area contributed by atoms with Gasteiger partial charge in [-0.05, 0) is 50.5 Å². The van der Waals surface area contributed by atoms with Crippen LogP contribution in [0.25, 0.3) is 0 Å². The molecular weight excluding hydrogens is 230 g/mol. The first-order chi connectivity index (χ1) is 8.37. The van der Waals surface area contributed by atoms with Crippen molar-refractivity contribution in [3.05, 3.63) is 42.2 Å². The van der Waals surface area contributed by atoms with Gasteiger partial charge < -0.3 is 9.47 Å². The molecule has 0 spiro atoms. The summed E-state index contributed by atoms with van der Waals surface area (Å²) in [7, 11) is 0. The maximum Gasteiger partial charge on any atom is 0.509 e. The molecule has 0 N–H and O–H groups in total. The standard InChI is InChI=1S/C14H19NO3/c1-11(9-12-5-7-15-8-6-12)10-17-13(16)18-14(2,3)4/h5-8H,1,9-10H2,2-4H3. The highest BCUT2D eigenvalue weighted by molar-refractivity contribution is 5.60. The molecule has 0 bridgehead atoms. The van der Waals surface area contributed by atoms with E-state index in [0.717, 1.165) is 11.1 Å². The van der Waals surface area contributed by atoms with E-state index in [1.54, 1.807) is 33.2 Å². The van der Waals surface area contributed by atoms with Gasteiger partial charge in [-0.25, -0.2) is 4.79 Å². The number of hydrogen-bond donors (Lipinski definition) is 0. The third-order valence-electron chi connectivity index (χ3n) is 1.99. The molecule has 1 rings (SSSR count). The molecule has 98 valence electrons. The van der Waals surface area contributed by atoms with Crippen LogP contribution in [0.5, 0.6) is 0 Å². The maximum atomic E-state index is 11.3. The van der Waals surface area contributed by atoms with Crippen LogP contribution < -0.4 is 0 Å². The zero-order valence-corrected chi connectivity index (χ0v) is 11.1. The number of nitrogens with zero attached hydrogens (tertiary/aromatic N) is 1. The lowest BCUT2D eigenvalue weighted by molar-refractivity contribution is -0.00354. The Morgan fingerprint density at radius 2 is 1.94 bits per heavy atom. The van der Waals surface area contributed by atoms with Crippen molar-refractivity contribution in [2.24, 2.45) is 0 Å². The molecule has 0 saturated heterocycles. The summed E-state index contributed by atoms with van der Waals surface area (Å²) in [5.74, 6) is 0. The average Bonchev–Trinajstić information content (AvgIpc) is 2.25. The third-order valence-corrected chi connectivity index (χ3v) is 1.99. The van der Waals surface area contributed by atoms with Crippen LogP contribution in [0.3, 0.4) is 0 Å². The third kappa shape index (κ3) is 6.03. The first kappa shape index (κ1) is 14.2.